The van der Waals surface area contributed by atoms with Gasteiger partial charge < -0.3 is 10.1 Å². The molecule has 0 aliphatic rings. The number of alkyl halides is 2. The van der Waals surface area contributed by atoms with Gasteiger partial charge in [0.05, 0.1) is 29.2 Å². The van der Waals surface area contributed by atoms with Crippen molar-refractivity contribution >= 4 is 27.5 Å². The first-order chi connectivity index (χ1) is 13.8. The number of nitrogens with zero attached hydrogens (tertiary/aromatic N) is 2. The summed E-state index contributed by atoms with van der Waals surface area (Å²) in [5.41, 5.74) is 1.94. The smallest absolute Gasteiger partial charge is 0.387 e. The molecule has 3 rings (SSSR count). The molecule has 2 aromatic carbocycles. The van der Waals surface area contributed by atoms with Crippen LogP contribution in [0.15, 0.2) is 46.9 Å². The van der Waals surface area contributed by atoms with Crippen molar-refractivity contribution in [2.75, 3.05) is 5.32 Å². The lowest BCUT2D eigenvalue weighted by atomic mass is 10.1. The van der Waals surface area contributed by atoms with Gasteiger partial charge in [0.2, 0.25) is 0 Å². The molecule has 0 aliphatic carbocycles. The minimum Gasteiger partial charge on any atom is -0.434 e. The van der Waals surface area contributed by atoms with Gasteiger partial charge in [-0.1, -0.05) is 34.1 Å². The lowest BCUT2D eigenvalue weighted by molar-refractivity contribution is -0.0501. The average molecular weight is 468 g/mol. The van der Waals surface area contributed by atoms with Crippen LogP contribution in [-0.2, 0) is 6.54 Å². The van der Waals surface area contributed by atoms with Gasteiger partial charge in [0.25, 0.3) is 5.91 Å². The van der Waals surface area contributed by atoms with Crippen LogP contribution >= 0.6 is 15.9 Å². The second-order valence-corrected chi connectivity index (χ2v) is 7.18. The van der Waals surface area contributed by atoms with E-state index in [0.29, 0.717) is 27.1 Å². The van der Waals surface area contributed by atoms with Crippen LogP contribution in [0, 0.1) is 19.7 Å². The highest BCUT2D eigenvalue weighted by Crippen LogP contribution is 2.27. The Labute approximate surface area is 173 Å². The Hall–Kier alpha value is -2.81. The molecule has 29 heavy (non-hydrogen) atoms. The Morgan fingerprint density at radius 1 is 1.24 bits per heavy atom. The number of benzene rings is 2. The first-order valence-corrected chi connectivity index (χ1v) is 9.38. The number of ether oxygens (including phenoxy) is 1. The highest BCUT2D eigenvalue weighted by molar-refractivity contribution is 9.10. The lowest BCUT2D eigenvalue weighted by Crippen LogP contribution is -2.16. The number of carbonyl (C=O) groups excluding carboxylic acids is 1. The van der Waals surface area contributed by atoms with Crippen molar-refractivity contribution in [1.29, 1.82) is 0 Å². The number of anilines is 1. The first-order valence-electron chi connectivity index (χ1n) is 8.59. The van der Waals surface area contributed by atoms with Gasteiger partial charge in [0, 0.05) is 10.0 Å². The van der Waals surface area contributed by atoms with Crippen molar-refractivity contribution in [2.24, 2.45) is 0 Å². The average Bonchev–Trinajstić information content (AvgIpc) is 2.92. The molecule has 152 valence electrons. The third kappa shape index (κ3) is 4.79. The maximum Gasteiger partial charge on any atom is 0.387 e. The molecule has 0 saturated heterocycles. The first kappa shape index (κ1) is 20.9. The number of halogens is 4. The molecule has 0 unspecified atom stereocenters. The lowest BCUT2D eigenvalue weighted by Gasteiger charge is -2.12. The predicted molar refractivity (Wildman–Crippen MR) is 106 cm³/mol. The van der Waals surface area contributed by atoms with Crippen molar-refractivity contribution in [3.05, 3.63) is 75.3 Å². The van der Waals surface area contributed by atoms with Crippen molar-refractivity contribution in [3.63, 3.8) is 0 Å². The summed E-state index contributed by atoms with van der Waals surface area (Å²) < 4.78 is 45.8. The SMILES string of the molecule is Cc1nn(Cc2ccccc2F)c(C)c1NC(=O)c1cc(Br)ccc1OC(F)F. The standard InChI is InChI=1S/C20H17BrF3N3O2/c1-11-18(12(2)27(26-11)10-13-5-3-4-6-16(13)22)25-19(28)15-9-14(21)7-8-17(15)29-20(23)24/h3-9,20H,10H2,1-2H3,(H,25,28). The van der Waals surface area contributed by atoms with Crippen LogP contribution in [0.4, 0.5) is 18.9 Å². The van der Waals surface area contributed by atoms with Gasteiger partial charge in [-0.15, -0.1) is 0 Å². The summed E-state index contributed by atoms with van der Waals surface area (Å²) in [6.07, 6.45) is 0. The number of hydrogen-bond acceptors (Lipinski definition) is 3. The molecule has 0 atom stereocenters. The van der Waals surface area contributed by atoms with Gasteiger partial charge in [-0.05, 0) is 38.1 Å². The summed E-state index contributed by atoms with van der Waals surface area (Å²) in [4.78, 5) is 12.7. The van der Waals surface area contributed by atoms with Gasteiger partial charge in [-0.2, -0.15) is 13.9 Å². The monoisotopic (exact) mass is 467 g/mol. The van der Waals surface area contributed by atoms with E-state index in [2.05, 4.69) is 31.1 Å². The molecule has 0 bridgehead atoms. The van der Waals surface area contributed by atoms with Crippen LogP contribution in [-0.4, -0.2) is 22.3 Å². The maximum absolute atomic E-state index is 13.9. The second kappa shape index (κ2) is 8.69. The second-order valence-electron chi connectivity index (χ2n) is 6.27. The fraction of sp³-hybridized carbons (Fsp3) is 0.200. The molecule has 0 aliphatic heterocycles. The van der Waals surface area contributed by atoms with Crippen molar-refractivity contribution in [3.8, 4) is 5.75 Å². The van der Waals surface area contributed by atoms with Gasteiger partial charge in [-0.25, -0.2) is 4.39 Å². The van der Waals surface area contributed by atoms with Crippen LogP contribution < -0.4 is 10.1 Å². The number of hydrogen-bond donors (Lipinski definition) is 1. The van der Waals surface area contributed by atoms with Gasteiger partial charge in [0.1, 0.15) is 11.6 Å². The van der Waals surface area contributed by atoms with Crippen molar-refractivity contribution < 1.29 is 22.7 Å². The third-order valence-electron chi connectivity index (χ3n) is 4.30. The molecular formula is C20H17BrF3N3O2. The van der Waals surface area contributed by atoms with E-state index < -0.39 is 12.5 Å². The number of aryl methyl sites for hydroxylation is 1. The molecule has 1 N–H and O–H groups in total. The van der Waals surface area contributed by atoms with E-state index in [9.17, 15) is 18.0 Å². The summed E-state index contributed by atoms with van der Waals surface area (Å²) in [6, 6.07) is 10.5. The van der Waals surface area contributed by atoms with E-state index in [4.69, 9.17) is 0 Å². The molecule has 5 nitrogen and oxygen atoms in total. The van der Waals surface area contributed by atoms with E-state index in [1.165, 1.54) is 24.3 Å². The molecule has 3 aromatic rings. The summed E-state index contributed by atoms with van der Waals surface area (Å²) >= 11 is 3.22. The van der Waals surface area contributed by atoms with Gasteiger partial charge >= 0.3 is 6.61 Å². The maximum atomic E-state index is 13.9. The summed E-state index contributed by atoms with van der Waals surface area (Å²) in [6.45, 7) is 0.548. The normalized spacial score (nSPS) is 11.0. The summed E-state index contributed by atoms with van der Waals surface area (Å²) in [5, 5.41) is 7.05. The number of carbonyl (C=O) groups is 1. The van der Waals surface area contributed by atoms with Gasteiger partial charge in [0.15, 0.2) is 0 Å². The van der Waals surface area contributed by atoms with E-state index in [0.717, 1.165) is 0 Å². The molecule has 0 spiro atoms. The molecule has 1 heterocycles. The van der Waals surface area contributed by atoms with E-state index in [1.54, 1.807) is 36.7 Å². The fourth-order valence-corrected chi connectivity index (χ4v) is 3.24. The van der Waals surface area contributed by atoms with E-state index >= 15 is 0 Å². The summed E-state index contributed by atoms with van der Waals surface area (Å²) in [5.74, 6) is -1.22. The Bertz CT molecular complexity index is 1050. The zero-order valence-electron chi connectivity index (χ0n) is 15.5. The number of amides is 1. The highest BCUT2D eigenvalue weighted by atomic mass is 79.9. The minimum absolute atomic E-state index is 0.0553. The van der Waals surface area contributed by atoms with E-state index in [-0.39, 0.29) is 23.7 Å². The van der Waals surface area contributed by atoms with Crippen LogP contribution in [0.25, 0.3) is 0 Å². The molecule has 0 saturated carbocycles. The topological polar surface area (TPSA) is 56.2 Å². The Morgan fingerprint density at radius 2 is 1.97 bits per heavy atom. The largest absolute Gasteiger partial charge is 0.434 e. The van der Waals surface area contributed by atoms with E-state index in [1.807, 2.05) is 0 Å². The molecule has 1 amide bonds. The van der Waals surface area contributed by atoms with Crippen molar-refractivity contribution in [2.45, 2.75) is 27.0 Å². The van der Waals surface area contributed by atoms with Crippen LogP contribution in [0.3, 0.4) is 0 Å². The minimum atomic E-state index is -3.06. The summed E-state index contributed by atoms with van der Waals surface area (Å²) in [7, 11) is 0. The zero-order valence-corrected chi connectivity index (χ0v) is 17.1. The Morgan fingerprint density at radius 3 is 2.66 bits per heavy atom. The fourth-order valence-electron chi connectivity index (χ4n) is 2.88. The van der Waals surface area contributed by atoms with Crippen LogP contribution in [0.2, 0.25) is 0 Å². The molecule has 0 radical (unpaired) electrons. The molecular weight excluding hydrogens is 451 g/mol. The third-order valence-corrected chi connectivity index (χ3v) is 4.79. The number of rotatable bonds is 6. The quantitative estimate of drug-likeness (QED) is 0.534. The molecule has 1 aromatic heterocycles. The molecule has 9 heteroatoms. The zero-order chi connectivity index (χ0) is 21.1. The predicted octanol–water partition coefficient (Wildman–Crippen LogP) is 5.30. The Balaban J connectivity index is 1.88. The van der Waals surface area contributed by atoms with Crippen LogP contribution in [0.1, 0.15) is 27.3 Å². The van der Waals surface area contributed by atoms with Crippen molar-refractivity contribution in [1.82, 2.24) is 9.78 Å². The number of nitrogens with one attached hydrogen (secondary N) is 1. The molecule has 0 fully saturated rings. The highest BCUT2D eigenvalue weighted by Gasteiger charge is 2.20. The number of aromatic nitrogens is 2. The Kier molecular flexibility index (Phi) is 6.26. The van der Waals surface area contributed by atoms with Crippen LogP contribution in [0.5, 0.6) is 5.75 Å². The van der Waals surface area contributed by atoms with Gasteiger partial charge in [-0.3, -0.25) is 9.48 Å².